The van der Waals surface area contributed by atoms with Crippen LogP contribution in [0.4, 0.5) is 0 Å². The van der Waals surface area contributed by atoms with Crippen molar-refractivity contribution in [2.75, 3.05) is 26.2 Å². The maximum atomic E-state index is 10.8. The van der Waals surface area contributed by atoms with Crippen LogP contribution in [-0.4, -0.2) is 42.2 Å². The van der Waals surface area contributed by atoms with Crippen molar-refractivity contribution in [2.24, 2.45) is 0 Å². The number of morpholine rings is 1. The predicted octanol–water partition coefficient (Wildman–Crippen LogP) is 3.48. The Labute approximate surface area is 151 Å². The minimum absolute atomic E-state index is 0.0195. The van der Waals surface area contributed by atoms with E-state index in [1.54, 1.807) is 11.3 Å². The van der Waals surface area contributed by atoms with Crippen molar-refractivity contribution < 1.29 is 19.4 Å². The monoisotopic (exact) mass is 361 g/mol. The number of aryl methyl sites for hydroxylation is 1. The molecule has 1 fully saturated rings. The van der Waals surface area contributed by atoms with Gasteiger partial charge in [0.05, 0.1) is 19.1 Å². The second-order valence-corrected chi connectivity index (χ2v) is 7.22. The molecule has 1 N–H and O–H groups in total. The van der Waals surface area contributed by atoms with Crippen LogP contribution in [0.15, 0.2) is 35.7 Å². The molecular weight excluding hydrogens is 338 g/mol. The summed E-state index contributed by atoms with van der Waals surface area (Å²) in [4.78, 5) is 14.1. The summed E-state index contributed by atoms with van der Waals surface area (Å²) in [7, 11) is 0. The third-order valence-electron chi connectivity index (χ3n) is 4.34. The average Bonchev–Trinajstić information content (AvgIpc) is 3.12. The van der Waals surface area contributed by atoms with Gasteiger partial charge in [0.2, 0.25) is 0 Å². The molecule has 0 aliphatic carbocycles. The number of ether oxygens (including phenoxy) is 2. The number of hydrogen-bond acceptors (Lipinski definition) is 5. The van der Waals surface area contributed by atoms with Gasteiger partial charge in [-0.2, -0.15) is 0 Å². The summed E-state index contributed by atoms with van der Waals surface area (Å²) in [6, 6.07) is 10.2. The molecule has 0 amide bonds. The highest BCUT2D eigenvalue weighted by Gasteiger charge is 2.23. The van der Waals surface area contributed by atoms with Crippen LogP contribution in [0.25, 0.3) is 0 Å². The maximum Gasteiger partial charge on any atom is 0.304 e. The molecule has 1 aromatic heterocycles. The van der Waals surface area contributed by atoms with Crippen LogP contribution in [0, 0.1) is 6.92 Å². The van der Waals surface area contributed by atoms with Gasteiger partial charge in [-0.15, -0.1) is 11.3 Å². The number of carbonyl (C=O) groups is 1. The van der Waals surface area contributed by atoms with Crippen LogP contribution in [0.1, 0.15) is 28.5 Å². The van der Waals surface area contributed by atoms with E-state index in [9.17, 15) is 4.79 Å². The molecule has 1 atom stereocenters. The smallest absolute Gasteiger partial charge is 0.304 e. The molecule has 1 unspecified atom stereocenters. The molecule has 2 heterocycles. The zero-order valence-corrected chi connectivity index (χ0v) is 15.1. The summed E-state index contributed by atoms with van der Waals surface area (Å²) in [6.45, 7) is 5.34. The molecule has 1 saturated heterocycles. The van der Waals surface area contributed by atoms with E-state index in [1.807, 2.05) is 23.6 Å². The van der Waals surface area contributed by atoms with E-state index in [0.29, 0.717) is 19.8 Å². The van der Waals surface area contributed by atoms with Gasteiger partial charge in [-0.05, 0) is 41.6 Å². The molecule has 1 aromatic carbocycles. The molecule has 1 aliphatic rings. The lowest BCUT2D eigenvalue weighted by Crippen LogP contribution is -2.39. The fraction of sp³-hybridized carbons (Fsp3) is 0.421. The third kappa shape index (κ3) is 5.04. The Bertz CT molecular complexity index is 701. The van der Waals surface area contributed by atoms with Crippen molar-refractivity contribution in [1.29, 1.82) is 0 Å². The largest absolute Gasteiger partial charge is 0.488 e. The molecule has 6 heteroatoms. The number of carboxylic acid groups (broad SMARTS) is 1. The van der Waals surface area contributed by atoms with Gasteiger partial charge in [0.1, 0.15) is 12.4 Å². The molecule has 0 bridgehead atoms. The Balaban J connectivity index is 1.60. The second kappa shape index (κ2) is 8.47. The molecule has 2 aromatic rings. The van der Waals surface area contributed by atoms with Crippen molar-refractivity contribution in [2.45, 2.75) is 26.1 Å². The standard InChI is InChI=1S/C19H23NO4S/c1-14-11-15(24-13-16-3-2-10-25-16)4-5-17(14)18-12-20(8-9-23-18)7-6-19(21)22/h2-5,10-11,18H,6-9,12-13H2,1H3,(H,21,22). The first kappa shape index (κ1) is 17.9. The Hall–Kier alpha value is -1.89. The maximum absolute atomic E-state index is 10.8. The highest BCUT2D eigenvalue weighted by molar-refractivity contribution is 7.09. The first-order valence-corrected chi connectivity index (χ1v) is 9.31. The van der Waals surface area contributed by atoms with E-state index in [0.717, 1.165) is 30.0 Å². The van der Waals surface area contributed by atoms with Gasteiger partial charge in [-0.3, -0.25) is 9.69 Å². The second-order valence-electron chi connectivity index (χ2n) is 6.19. The first-order chi connectivity index (χ1) is 12.1. The number of hydrogen-bond donors (Lipinski definition) is 1. The van der Waals surface area contributed by atoms with Crippen LogP contribution >= 0.6 is 11.3 Å². The number of nitrogens with zero attached hydrogens (tertiary/aromatic N) is 1. The molecule has 0 spiro atoms. The van der Waals surface area contributed by atoms with Crippen molar-refractivity contribution in [3.63, 3.8) is 0 Å². The van der Waals surface area contributed by atoms with E-state index in [2.05, 4.69) is 24.0 Å². The van der Waals surface area contributed by atoms with E-state index in [-0.39, 0.29) is 12.5 Å². The van der Waals surface area contributed by atoms with Gasteiger partial charge >= 0.3 is 5.97 Å². The van der Waals surface area contributed by atoms with Crippen molar-refractivity contribution >= 4 is 17.3 Å². The van der Waals surface area contributed by atoms with E-state index in [1.165, 1.54) is 4.88 Å². The number of carboxylic acids is 1. The van der Waals surface area contributed by atoms with Gasteiger partial charge in [-0.25, -0.2) is 0 Å². The fourth-order valence-corrected chi connectivity index (χ4v) is 3.61. The summed E-state index contributed by atoms with van der Waals surface area (Å²) in [5, 5.41) is 10.9. The summed E-state index contributed by atoms with van der Waals surface area (Å²) >= 11 is 1.69. The van der Waals surface area contributed by atoms with Crippen molar-refractivity contribution in [3.05, 3.63) is 51.7 Å². The Morgan fingerprint density at radius 1 is 1.44 bits per heavy atom. The number of aliphatic carboxylic acids is 1. The molecular formula is C19H23NO4S. The zero-order valence-electron chi connectivity index (χ0n) is 14.3. The van der Waals surface area contributed by atoms with Crippen LogP contribution < -0.4 is 4.74 Å². The first-order valence-electron chi connectivity index (χ1n) is 8.43. The van der Waals surface area contributed by atoms with Crippen LogP contribution in [0.3, 0.4) is 0 Å². The van der Waals surface area contributed by atoms with Crippen molar-refractivity contribution in [1.82, 2.24) is 4.90 Å². The van der Waals surface area contributed by atoms with Gasteiger partial charge in [0.25, 0.3) is 0 Å². The molecule has 0 radical (unpaired) electrons. The lowest BCUT2D eigenvalue weighted by Gasteiger charge is -2.33. The minimum atomic E-state index is -0.758. The molecule has 0 saturated carbocycles. The third-order valence-corrected chi connectivity index (χ3v) is 5.19. The topological polar surface area (TPSA) is 59.0 Å². The van der Waals surface area contributed by atoms with Crippen LogP contribution in [0.2, 0.25) is 0 Å². The van der Waals surface area contributed by atoms with Crippen molar-refractivity contribution in [3.8, 4) is 5.75 Å². The van der Waals surface area contributed by atoms with E-state index >= 15 is 0 Å². The minimum Gasteiger partial charge on any atom is -0.488 e. The van der Waals surface area contributed by atoms with Gasteiger partial charge in [0.15, 0.2) is 0 Å². The zero-order chi connectivity index (χ0) is 17.6. The van der Waals surface area contributed by atoms with Crippen LogP contribution in [0.5, 0.6) is 5.75 Å². The highest BCUT2D eigenvalue weighted by Crippen LogP contribution is 2.28. The number of benzene rings is 1. The molecule has 134 valence electrons. The lowest BCUT2D eigenvalue weighted by molar-refractivity contribution is -0.137. The SMILES string of the molecule is Cc1cc(OCc2cccs2)ccc1C1CN(CCC(=O)O)CCO1. The summed E-state index contributed by atoms with van der Waals surface area (Å²) in [6.07, 6.45) is 0.148. The summed E-state index contributed by atoms with van der Waals surface area (Å²) in [5.74, 6) is 0.0969. The number of thiophene rings is 1. The fourth-order valence-electron chi connectivity index (χ4n) is 3.00. The Kier molecular flexibility index (Phi) is 6.07. The van der Waals surface area contributed by atoms with E-state index in [4.69, 9.17) is 14.6 Å². The predicted molar refractivity (Wildman–Crippen MR) is 97.2 cm³/mol. The summed E-state index contributed by atoms with van der Waals surface area (Å²) < 4.78 is 11.8. The summed E-state index contributed by atoms with van der Waals surface area (Å²) in [5.41, 5.74) is 2.28. The molecule has 25 heavy (non-hydrogen) atoms. The van der Waals surface area contributed by atoms with Gasteiger partial charge < -0.3 is 14.6 Å². The van der Waals surface area contributed by atoms with Gasteiger partial charge in [0, 0.05) is 24.5 Å². The molecule has 1 aliphatic heterocycles. The lowest BCUT2D eigenvalue weighted by atomic mass is 10.0. The highest BCUT2D eigenvalue weighted by atomic mass is 32.1. The van der Waals surface area contributed by atoms with E-state index < -0.39 is 5.97 Å². The Morgan fingerprint density at radius 2 is 2.32 bits per heavy atom. The quantitative estimate of drug-likeness (QED) is 0.818. The average molecular weight is 361 g/mol. The molecule has 5 nitrogen and oxygen atoms in total. The van der Waals surface area contributed by atoms with Gasteiger partial charge in [-0.1, -0.05) is 12.1 Å². The number of rotatable bonds is 7. The normalized spacial score (nSPS) is 18.2. The van der Waals surface area contributed by atoms with Crippen LogP contribution in [-0.2, 0) is 16.1 Å². The molecule has 3 rings (SSSR count). The Morgan fingerprint density at radius 3 is 3.04 bits per heavy atom.